The van der Waals surface area contributed by atoms with E-state index in [1.807, 2.05) is 0 Å². The van der Waals surface area contributed by atoms with Crippen LogP contribution in [-0.4, -0.2) is 28.5 Å². The van der Waals surface area contributed by atoms with Gasteiger partial charge in [-0.2, -0.15) is 0 Å². The molecule has 1 aromatic carbocycles. The summed E-state index contributed by atoms with van der Waals surface area (Å²) in [6, 6.07) is 2.67. The van der Waals surface area contributed by atoms with E-state index in [1.54, 1.807) is 0 Å². The number of nitrogens with zero attached hydrogens (tertiary/aromatic N) is 1. The maximum absolute atomic E-state index is 13.6. The molecule has 0 bridgehead atoms. The molecule has 1 aliphatic rings. The van der Waals surface area contributed by atoms with E-state index in [1.165, 1.54) is 0 Å². The number of aliphatic carboxylic acids is 1. The summed E-state index contributed by atoms with van der Waals surface area (Å²) in [4.78, 5) is 32.3. The average Bonchev–Trinajstić information content (AvgIpc) is 3.17. The Morgan fingerprint density at radius 1 is 1.45 bits per heavy atom. The van der Waals surface area contributed by atoms with Crippen LogP contribution in [0.3, 0.4) is 0 Å². The number of carboxylic acids is 1. The van der Waals surface area contributed by atoms with Crippen LogP contribution in [0.25, 0.3) is 0 Å². The van der Waals surface area contributed by atoms with Crippen molar-refractivity contribution < 1.29 is 24.0 Å². The number of hydrogen-bond donors (Lipinski definition) is 2. The molecule has 1 amide bonds. The monoisotopic (exact) mass is 282 g/mol. The van der Waals surface area contributed by atoms with E-state index in [4.69, 9.17) is 5.11 Å². The molecule has 7 nitrogen and oxygen atoms in total. The average molecular weight is 282 g/mol. The van der Waals surface area contributed by atoms with Crippen molar-refractivity contribution in [3.8, 4) is 0 Å². The van der Waals surface area contributed by atoms with Gasteiger partial charge in [-0.25, -0.2) is 4.39 Å². The highest BCUT2D eigenvalue weighted by Gasteiger charge is 2.50. The van der Waals surface area contributed by atoms with Crippen LogP contribution in [0.4, 0.5) is 10.1 Å². The van der Waals surface area contributed by atoms with E-state index < -0.39 is 33.7 Å². The molecule has 2 N–H and O–H groups in total. The number of halogens is 1. The number of amides is 1. The lowest BCUT2D eigenvalue weighted by Crippen LogP contribution is -2.34. The molecule has 106 valence electrons. The minimum Gasteiger partial charge on any atom is -0.481 e. The van der Waals surface area contributed by atoms with E-state index in [9.17, 15) is 24.1 Å². The fraction of sp³-hybridized carbons (Fsp3) is 0.333. The fourth-order valence-corrected chi connectivity index (χ4v) is 1.76. The minimum absolute atomic E-state index is 0.0857. The van der Waals surface area contributed by atoms with E-state index in [2.05, 4.69) is 5.32 Å². The molecule has 2 rings (SSSR count). The van der Waals surface area contributed by atoms with Crippen LogP contribution in [0.1, 0.15) is 23.2 Å². The zero-order valence-electron chi connectivity index (χ0n) is 10.3. The highest BCUT2D eigenvalue weighted by molar-refractivity contribution is 5.95. The van der Waals surface area contributed by atoms with Gasteiger partial charge in [-0.1, -0.05) is 0 Å². The van der Waals surface area contributed by atoms with Crippen molar-refractivity contribution in [2.75, 3.05) is 6.54 Å². The largest absolute Gasteiger partial charge is 0.481 e. The van der Waals surface area contributed by atoms with E-state index in [0.29, 0.717) is 18.9 Å². The summed E-state index contributed by atoms with van der Waals surface area (Å²) < 4.78 is 13.6. The van der Waals surface area contributed by atoms with Crippen LogP contribution in [0.15, 0.2) is 18.2 Å². The molecule has 0 aliphatic heterocycles. The van der Waals surface area contributed by atoms with Gasteiger partial charge in [-0.3, -0.25) is 19.7 Å². The molecule has 0 atom stereocenters. The quantitative estimate of drug-likeness (QED) is 0.625. The summed E-state index contributed by atoms with van der Waals surface area (Å²) in [5.74, 6) is -2.80. The first-order valence-electron chi connectivity index (χ1n) is 5.81. The van der Waals surface area contributed by atoms with Crippen molar-refractivity contribution in [1.29, 1.82) is 0 Å². The number of carbonyl (C=O) groups excluding carboxylic acids is 1. The van der Waals surface area contributed by atoms with Gasteiger partial charge in [0.15, 0.2) is 0 Å². The van der Waals surface area contributed by atoms with Crippen LogP contribution in [0.5, 0.6) is 0 Å². The number of carbonyl (C=O) groups is 2. The first kappa shape index (κ1) is 13.9. The standard InChI is InChI=1S/C12H11FN2O5/c13-9-5-7(15(19)20)1-2-8(9)10(16)14-6-12(3-4-12)11(17)18/h1-2,5H,3-4,6H2,(H,14,16)(H,17,18). The summed E-state index contributed by atoms with van der Waals surface area (Å²) in [7, 11) is 0. The van der Waals surface area contributed by atoms with Gasteiger partial charge in [0.05, 0.1) is 22.0 Å². The number of hydrogen-bond acceptors (Lipinski definition) is 4. The van der Waals surface area contributed by atoms with Crippen LogP contribution < -0.4 is 5.32 Å². The number of rotatable bonds is 5. The third-order valence-electron chi connectivity index (χ3n) is 3.30. The summed E-state index contributed by atoms with van der Waals surface area (Å²) in [5, 5.41) is 21.7. The molecular formula is C12H11FN2O5. The second-order valence-corrected chi connectivity index (χ2v) is 4.69. The van der Waals surface area contributed by atoms with Crippen LogP contribution in [0, 0.1) is 21.3 Å². The molecule has 1 fully saturated rings. The molecule has 0 aromatic heterocycles. The van der Waals surface area contributed by atoms with Crippen molar-refractivity contribution in [1.82, 2.24) is 5.32 Å². The number of nitrogens with one attached hydrogen (secondary N) is 1. The van der Waals surface area contributed by atoms with Crippen LogP contribution in [-0.2, 0) is 4.79 Å². The summed E-state index contributed by atoms with van der Waals surface area (Å²) in [6.07, 6.45) is 0.927. The molecule has 8 heteroatoms. The van der Waals surface area contributed by atoms with E-state index >= 15 is 0 Å². The number of non-ortho nitro benzene ring substituents is 1. The highest BCUT2D eigenvalue weighted by atomic mass is 19.1. The third kappa shape index (κ3) is 2.58. The molecule has 20 heavy (non-hydrogen) atoms. The fourth-order valence-electron chi connectivity index (χ4n) is 1.76. The van der Waals surface area contributed by atoms with Gasteiger partial charge in [-0.15, -0.1) is 0 Å². The Morgan fingerprint density at radius 3 is 2.55 bits per heavy atom. The van der Waals surface area contributed by atoms with Crippen LogP contribution in [0.2, 0.25) is 0 Å². The molecule has 1 aliphatic carbocycles. The summed E-state index contributed by atoms with van der Waals surface area (Å²) in [5.41, 5.74) is -1.76. The molecule has 0 radical (unpaired) electrons. The predicted molar refractivity (Wildman–Crippen MR) is 64.7 cm³/mol. The zero-order chi connectivity index (χ0) is 14.9. The minimum atomic E-state index is -1.02. The van der Waals surface area contributed by atoms with E-state index in [0.717, 1.165) is 12.1 Å². The first-order valence-corrected chi connectivity index (χ1v) is 5.81. The van der Waals surface area contributed by atoms with Gasteiger partial charge in [0, 0.05) is 12.6 Å². The van der Waals surface area contributed by atoms with Gasteiger partial charge in [0.1, 0.15) is 5.82 Å². The second-order valence-electron chi connectivity index (χ2n) is 4.69. The summed E-state index contributed by atoms with van der Waals surface area (Å²) in [6.45, 7) is -0.0857. The van der Waals surface area contributed by atoms with Crippen LogP contribution >= 0.6 is 0 Å². The second kappa shape index (κ2) is 4.87. The van der Waals surface area contributed by atoms with Crippen molar-refractivity contribution in [2.24, 2.45) is 5.41 Å². The lowest BCUT2D eigenvalue weighted by molar-refractivity contribution is -0.385. The third-order valence-corrected chi connectivity index (χ3v) is 3.30. The molecule has 1 saturated carbocycles. The number of nitro benzene ring substituents is 1. The van der Waals surface area contributed by atoms with Gasteiger partial charge in [0.25, 0.3) is 11.6 Å². The van der Waals surface area contributed by atoms with Crippen molar-refractivity contribution in [3.05, 3.63) is 39.7 Å². The topological polar surface area (TPSA) is 110 Å². The molecule has 0 heterocycles. The Balaban J connectivity index is 2.06. The van der Waals surface area contributed by atoms with Crippen molar-refractivity contribution in [3.63, 3.8) is 0 Å². The Labute approximate surface area is 112 Å². The highest BCUT2D eigenvalue weighted by Crippen LogP contribution is 2.45. The molecule has 0 saturated heterocycles. The lowest BCUT2D eigenvalue weighted by atomic mass is 10.1. The maximum atomic E-state index is 13.6. The normalized spacial score (nSPS) is 15.4. The van der Waals surface area contributed by atoms with Crippen molar-refractivity contribution in [2.45, 2.75) is 12.8 Å². The van der Waals surface area contributed by atoms with Gasteiger partial charge in [0.2, 0.25) is 0 Å². The smallest absolute Gasteiger partial charge is 0.311 e. The summed E-state index contributed by atoms with van der Waals surface area (Å²) >= 11 is 0. The Hall–Kier alpha value is -2.51. The maximum Gasteiger partial charge on any atom is 0.311 e. The predicted octanol–water partition coefficient (Wildman–Crippen LogP) is 1.33. The molecule has 0 spiro atoms. The van der Waals surface area contributed by atoms with Gasteiger partial charge in [-0.05, 0) is 18.9 Å². The SMILES string of the molecule is O=C(NCC1(C(=O)O)CC1)c1ccc([N+](=O)[O-])cc1F. The number of benzene rings is 1. The zero-order valence-corrected chi connectivity index (χ0v) is 10.3. The number of nitro groups is 1. The van der Waals surface area contributed by atoms with Crippen molar-refractivity contribution >= 4 is 17.6 Å². The van der Waals surface area contributed by atoms with E-state index in [-0.39, 0.29) is 12.1 Å². The molecule has 1 aromatic rings. The molecule has 0 unspecified atom stereocenters. The number of carboxylic acid groups (broad SMARTS) is 1. The Morgan fingerprint density at radius 2 is 2.10 bits per heavy atom. The Kier molecular flexibility index (Phi) is 3.39. The van der Waals surface area contributed by atoms with Gasteiger partial charge >= 0.3 is 5.97 Å². The first-order chi connectivity index (χ1) is 9.35. The molecular weight excluding hydrogens is 271 g/mol. The Bertz CT molecular complexity index is 598. The lowest BCUT2D eigenvalue weighted by Gasteiger charge is -2.11. The van der Waals surface area contributed by atoms with Gasteiger partial charge < -0.3 is 10.4 Å².